The molecule has 0 saturated heterocycles. The maximum atomic E-state index is 5.00. The van der Waals surface area contributed by atoms with E-state index in [-0.39, 0.29) is 0 Å². The second kappa shape index (κ2) is 7.41. The largest absolute Gasteiger partial charge is 0.383 e. The van der Waals surface area contributed by atoms with Crippen molar-refractivity contribution in [3.63, 3.8) is 0 Å². The first-order chi connectivity index (χ1) is 7.79. The summed E-state index contributed by atoms with van der Waals surface area (Å²) in [6.07, 6.45) is 4.39. The molecule has 0 saturated carbocycles. The van der Waals surface area contributed by atoms with Crippen LogP contribution in [0, 0.1) is 6.92 Å². The summed E-state index contributed by atoms with van der Waals surface area (Å²) in [5.74, 6) is 1.11. The van der Waals surface area contributed by atoms with E-state index in [4.69, 9.17) is 4.74 Å². The van der Waals surface area contributed by atoms with Gasteiger partial charge < -0.3 is 14.6 Å². The van der Waals surface area contributed by atoms with Crippen LogP contribution in [0.5, 0.6) is 0 Å². The van der Waals surface area contributed by atoms with E-state index in [0.29, 0.717) is 0 Å². The molecule has 1 rings (SSSR count). The number of hydrogen-bond acceptors (Lipinski definition) is 3. The van der Waals surface area contributed by atoms with Crippen LogP contribution in [-0.4, -0.2) is 29.8 Å². The SMILES string of the molecule is CCCCn1c(CNCCOC)cnc1C. The van der Waals surface area contributed by atoms with Gasteiger partial charge in [-0.25, -0.2) is 4.98 Å². The molecule has 4 nitrogen and oxygen atoms in total. The zero-order valence-corrected chi connectivity index (χ0v) is 10.6. The first kappa shape index (κ1) is 13.2. The first-order valence-corrected chi connectivity index (χ1v) is 6.00. The molecule has 0 radical (unpaired) electrons. The fourth-order valence-electron chi connectivity index (χ4n) is 1.67. The summed E-state index contributed by atoms with van der Waals surface area (Å²) in [5.41, 5.74) is 1.27. The third kappa shape index (κ3) is 3.94. The van der Waals surface area contributed by atoms with E-state index in [1.165, 1.54) is 18.5 Å². The highest BCUT2D eigenvalue weighted by atomic mass is 16.5. The van der Waals surface area contributed by atoms with Crippen molar-refractivity contribution in [2.24, 2.45) is 0 Å². The molecule has 0 amide bonds. The summed E-state index contributed by atoms with van der Waals surface area (Å²) in [6.45, 7) is 7.85. The van der Waals surface area contributed by atoms with E-state index >= 15 is 0 Å². The maximum absolute atomic E-state index is 5.00. The highest BCUT2D eigenvalue weighted by Crippen LogP contribution is 2.06. The van der Waals surface area contributed by atoms with Crippen molar-refractivity contribution in [3.05, 3.63) is 17.7 Å². The van der Waals surface area contributed by atoms with Gasteiger partial charge in [0.25, 0.3) is 0 Å². The topological polar surface area (TPSA) is 39.1 Å². The molecular formula is C12H23N3O. The Morgan fingerprint density at radius 3 is 3.00 bits per heavy atom. The lowest BCUT2D eigenvalue weighted by atomic mass is 10.3. The fourth-order valence-corrected chi connectivity index (χ4v) is 1.67. The van der Waals surface area contributed by atoms with Crippen LogP contribution < -0.4 is 5.32 Å². The average molecular weight is 225 g/mol. The van der Waals surface area contributed by atoms with Crippen LogP contribution in [0.3, 0.4) is 0 Å². The van der Waals surface area contributed by atoms with Crippen LogP contribution in [0.1, 0.15) is 31.3 Å². The van der Waals surface area contributed by atoms with Gasteiger partial charge in [0, 0.05) is 32.9 Å². The van der Waals surface area contributed by atoms with Crippen LogP contribution in [0.25, 0.3) is 0 Å². The Balaban J connectivity index is 2.44. The van der Waals surface area contributed by atoms with Gasteiger partial charge in [-0.1, -0.05) is 13.3 Å². The van der Waals surface area contributed by atoms with Crippen LogP contribution in [0.15, 0.2) is 6.20 Å². The van der Waals surface area contributed by atoms with Gasteiger partial charge in [0.15, 0.2) is 0 Å². The second-order valence-corrected chi connectivity index (χ2v) is 3.97. The van der Waals surface area contributed by atoms with Gasteiger partial charge >= 0.3 is 0 Å². The Hall–Kier alpha value is -0.870. The molecule has 1 aromatic rings. The molecule has 0 spiro atoms. The minimum Gasteiger partial charge on any atom is -0.383 e. The van der Waals surface area contributed by atoms with Crippen molar-refractivity contribution in [2.45, 2.75) is 39.8 Å². The van der Waals surface area contributed by atoms with E-state index in [2.05, 4.69) is 28.7 Å². The molecule has 0 aliphatic rings. The average Bonchev–Trinajstić information content (AvgIpc) is 2.63. The number of aromatic nitrogens is 2. The number of aryl methyl sites for hydroxylation is 1. The maximum Gasteiger partial charge on any atom is 0.105 e. The summed E-state index contributed by atoms with van der Waals surface area (Å²) in [6, 6.07) is 0. The van der Waals surface area contributed by atoms with E-state index in [1.54, 1.807) is 7.11 Å². The van der Waals surface area contributed by atoms with Crippen molar-refractivity contribution >= 4 is 0 Å². The van der Waals surface area contributed by atoms with Crippen molar-refractivity contribution in [1.29, 1.82) is 0 Å². The van der Waals surface area contributed by atoms with Crippen LogP contribution in [0.2, 0.25) is 0 Å². The summed E-state index contributed by atoms with van der Waals surface area (Å²) in [5, 5.41) is 3.35. The highest BCUT2D eigenvalue weighted by molar-refractivity contribution is 5.04. The van der Waals surface area contributed by atoms with Gasteiger partial charge in [-0.15, -0.1) is 0 Å². The Kier molecular flexibility index (Phi) is 6.11. The third-order valence-corrected chi connectivity index (χ3v) is 2.66. The monoisotopic (exact) mass is 225 g/mol. The van der Waals surface area contributed by atoms with E-state index in [1.807, 2.05) is 6.20 Å². The van der Waals surface area contributed by atoms with Gasteiger partial charge in [0.2, 0.25) is 0 Å². The van der Waals surface area contributed by atoms with Crippen molar-refractivity contribution < 1.29 is 4.74 Å². The Labute approximate surface area is 98.0 Å². The van der Waals surface area contributed by atoms with Crippen LogP contribution in [0.4, 0.5) is 0 Å². The number of rotatable bonds is 8. The fraction of sp³-hybridized carbons (Fsp3) is 0.750. The molecule has 0 fully saturated rings. The highest BCUT2D eigenvalue weighted by Gasteiger charge is 2.05. The Morgan fingerprint density at radius 1 is 1.50 bits per heavy atom. The Bertz CT molecular complexity index is 296. The minimum atomic E-state index is 0.752. The van der Waals surface area contributed by atoms with Crippen LogP contribution >= 0.6 is 0 Å². The van der Waals surface area contributed by atoms with Crippen LogP contribution in [-0.2, 0) is 17.8 Å². The number of hydrogen-bond donors (Lipinski definition) is 1. The summed E-state index contributed by atoms with van der Waals surface area (Å²) in [7, 11) is 1.72. The molecule has 92 valence electrons. The van der Waals surface area contributed by atoms with Gasteiger partial charge in [0.1, 0.15) is 5.82 Å². The van der Waals surface area contributed by atoms with Crippen molar-refractivity contribution in [1.82, 2.24) is 14.9 Å². The lowest BCUT2D eigenvalue weighted by Crippen LogP contribution is -2.20. The molecule has 1 heterocycles. The molecule has 0 aromatic carbocycles. The molecule has 0 aliphatic carbocycles. The molecule has 4 heteroatoms. The summed E-state index contributed by atoms with van der Waals surface area (Å²) >= 11 is 0. The minimum absolute atomic E-state index is 0.752. The van der Waals surface area contributed by atoms with E-state index in [0.717, 1.165) is 32.1 Å². The van der Waals surface area contributed by atoms with Gasteiger partial charge in [0.05, 0.1) is 12.3 Å². The quantitative estimate of drug-likeness (QED) is 0.685. The normalized spacial score (nSPS) is 10.9. The van der Waals surface area contributed by atoms with Crippen molar-refractivity contribution in [3.8, 4) is 0 Å². The molecule has 1 aromatic heterocycles. The van der Waals surface area contributed by atoms with E-state index < -0.39 is 0 Å². The number of nitrogens with zero attached hydrogens (tertiary/aromatic N) is 2. The van der Waals surface area contributed by atoms with Gasteiger partial charge in [-0.3, -0.25) is 0 Å². The molecular weight excluding hydrogens is 202 g/mol. The summed E-state index contributed by atoms with van der Waals surface area (Å²) < 4.78 is 7.29. The first-order valence-electron chi connectivity index (χ1n) is 6.00. The second-order valence-electron chi connectivity index (χ2n) is 3.97. The summed E-state index contributed by atoms with van der Waals surface area (Å²) in [4.78, 5) is 4.36. The smallest absolute Gasteiger partial charge is 0.105 e. The standard InChI is InChI=1S/C12H23N3O/c1-4-5-7-15-11(2)14-10-12(15)9-13-6-8-16-3/h10,13H,4-9H2,1-3H3. The number of nitrogens with one attached hydrogen (secondary N) is 1. The van der Waals surface area contributed by atoms with Crippen molar-refractivity contribution in [2.75, 3.05) is 20.3 Å². The number of unbranched alkanes of at least 4 members (excludes halogenated alkanes) is 1. The van der Waals surface area contributed by atoms with Gasteiger partial charge in [-0.2, -0.15) is 0 Å². The predicted molar refractivity (Wildman–Crippen MR) is 65.5 cm³/mol. The third-order valence-electron chi connectivity index (χ3n) is 2.66. The molecule has 0 unspecified atom stereocenters. The number of imidazole rings is 1. The number of methoxy groups -OCH3 is 1. The zero-order chi connectivity index (χ0) is 11.8. The Morgan fingerprint density at radius 2 is 2.31 bits per heavy atom. The molecule has 16 heavy (non-hydrogen) atoms. The molecule has 0 aliphatic heterocycles. The molecule has 1 N–H and O–H groups in total. The van der Waals surface area contributed by atoms with Gasteiger partial charge in [-0.05, 0) is 13.3 Å². The predicted octanol–water partition coefficient (Wildman–Crippen LogP) is 1.73. The lowest BCUT2D eigenvalue weighted by molar-refractivity contribution is 0.199. The zero-order valence-electron chi connectivity index (χ0n) is 10.6. The number of ether oxygens (including phenoxy) is 1. The molecule has 0 bridgehead atoms. The molecule has 0 atom stereocenters. The van der Waals surface area contributed by atoms with E-state index in [9.17, 15) is 0 Å². The lowest BCUT2D eigenvalue weighted by Gasteiger charge is -2.10.